The predicted octanol–water partition coefficient (Wildman–Crippen LogP) is 1.78. The largest absolute Gasteiger partial charge is 0.368 e. The third-order valence-electron chi connectivity index (χ3n) is 5.61. The van der Waals surface area contributed by atoms with Crippen LogP contribution in [0.3, 0.4) is 0 Å². The van der Waals surface area contributed by atoms with Crippen molar-refractivity contribution in [3.63, 3.8) is 0 Å². The van der Waals surface area contributed by atoms with E-state index in [0.717, 1.165) is 64.1 Å². The molecule has 0 saturated carbocycles. The summed E-state index contributed by atoms with van der Waals surface area (Å²) in [6.45, 7) is 10.7. The average Bonchev–Trinajstić information content (AvgIpc) is 2.74. The molecule has 7 nitrogen and oxygen atoms in total. The number of benzene rings is 1. The lowest BCUT2D eigenvalue weighted by atomic mass is 10.2. The minimum Gasteiger partial charge on any atom is -0.368 e. The molecule has 2 aliphatic heterocycles. The van der Waals surface area contributed by atoms with E-state index in [2.05, 4.69) is 50.9 Å². The molecule has 0 aliphatic carbocycles. The van der Waals surface area contributed by atoms with Gasteiger partial charge in [0.15, 0.2) is 0 Å². The summed E-state index contributed by atoms with van der Waals surface area (Å²) in [5.41, 5.74) is 2.59. The number of piperazine rings is 2. The van der Waals surface area contributed by atoms with E-state index >= 15 is 0 Å². The fourth-order valence-corrected chi connectivity index (χ4v) is 3.91. The van der Waals surface area contributed by atoms with Gasteiger partial charge in [0.25, 0.3) is 0 Å². The van der Waals surface area contributed by atoms with Crippen molar-refractivity contribution >= 4 is 23.4 Å². The third-order valence-corrected chi connectivity index (χ3v) is 5.61. The lowest BCUT2D eigenvalue weighted by Crippen LogP contribution is -2.49. The first-order valence-electron chi connectivity index (χ1n) is 10.0. The van der Waals surface area contributed by atoms with Crippen molar-refractivity contribution < 1.29 is 4.79 Å². The lowest BCUT2D eigenvalue weighted by Gasteiger charge is -2.37. The normalized spacial score (nSPS) is 17.8. The van der Waals surface area contributed by atoms with Crippen molar-refractivity contribution in [3.8, 4) is 0 Å². The first kappa shape index (κ1) is 18.5. The van der Waals surface area contributed by atoms with Gasteiger partial charge in [0.05, 0.1) is 0 Å². The van der Waals surface area contributed by atoms with Crippen molar-refractivity contribution in [1.29, 1.82) is 0 Å². The molecular formula is C21H28N6O. The first-order chi connectivity index (χ1) is 13.6. The SMILES string of the molecule is CC(=O)N1CCN(c2nccc(N3CCN(c4cccc(C)c4)CC3)n2)CC1. The van der Waals surface area contributed by atoms with Crippen LogP contribution in [0.4, 0.5) is 17.5 Å². The van der Waals surface area contributed by atoms with Gasteiger partial charge in [-0.25, -0.2) is 4.98 Å². The summed E-state index contributed by atoms with van der Waals surface area (Å²) in [6.07, 6.45) is 1.85. The number of nitrogens with zero attached hydrogens (tertiary/aromatic N) is 6. The predicted molar refractivity (Wildman–Crippen MR) is 112 cm³/mol. The molecule has 0 N–H and O–H groups in total. The number of amides is 1. The van der Waals surface area contributed by atoms with Gasteiger partial charge in [-0.1, -0.05) is 12.1 Å². The van der Waals surface area contributed by atoms with Crippen LogP contribution in [-0.2, 0) is 4.79 Å². The lowest BCUT2D eigenvalue weighted by molar-refractivity contribution is -0.129. The van der Waals surface area contributed by atoms with Gasteiger partial charge in [-0.2, -0.15) is 4.98 Å². The van der Waals surface area contributed by atoms with Crippen LogP contribution in [-0.4, -0.2) is 73.1 Å². The van der Waals surface area contributed by atoms with Crippen molar-refractivity contribution in [2.75, 3.05) is 67.1 Å². The Balaban J connectivity index is 1.38. The van der Waals surface area contributed by atoms with E-state index in [-0.39, 0.29) is 5.91 Å². The molecule has 7 heteroatoms. The Morgan fingerprint density at radius 1 is 0.893 bits per heavy atom. The van der Waals surface area contributed by atoms with Crippen LogP contribution in [0.1, 0.15) is 12.5 Å². The van der Waals surface area contributed by atoms with E-state index in [0.29, 0.717) is 0 Å². The van der Waals surface area contributed by atoms with Gasteiger partial charge >= 0.3 is 0 Å². The van der Waals surface area contributed by atoms with E-state index < -0.39 is 0 Å². The van der Waals surface area contributed by atoms with E-state index in [9.17, 15) is 4.79 Å². The Labute approximate surface area is 166 Å². The van der Waals surface area contributed by atoms with Crippen LogP contribution >= 0.6 is 0 Å². The summed E-state index contributed by atoms with van der Waals surface area (Å²) in [7, 11) is 0. The highest BCUT2D eigenvalue weighted by Gasteiger charge is 2.22. The molecule has 1 aromatic heterocycles. The molecule has 2 aliphatic rings. The van der Waals surface area contributed by atoms with Crippen LogP contribution < -0.4 is 14.7 Å². The summed E-state index contributed by atoms with van der Waals surface area (Å²) >= 11 is 0. The highest BCUT2D eigenvalue weighted by Crippen LogP contribution is 2.21. The van der Waals surface area contributed by atoms with Gasteiger partial charge in [-0.05, 0) is 30.7 Å². The summed E-state index contributed by atoms with van der Waals surface area (Å²) in [5.74, 6) is 1.89. The molecule has 2 aromatic rings. The minimum atomic E-state index is 0.140. The molecule has 0 spiro atoms. The topological polar surface area (TPSA) is 55.8 Å². The summed E-state index contributed by atoms with van der Waals surface area (Å²) < 4.78 is 0. The Morgan fingerprint density at radius 2 is 1.57 bits per heavy atom. The smallest absolute Gasteiger partial charge is 0.227 e. The molecule has 0 atom stereocenters. The molecule has 28 heavy (non-hydrogen) atoms. The molecule has 3 heterocycles. The summed E-state index contributed by atoms with van der Waals surface area (Å²) in [6, 6.07) is 10.7. The standard InChI is InChI=1S/C21H28N6O/c1-17-4-3-5-19(16-17)25-10-12-26(13-11-25)20-6-7-22-21(23-20)27-14-8-24(9-15-27)18(2)28/h3-7,16H,8-15H2,1-2H3. The molecule has 1 aromatic carbocycles. The number of rotatable bonds is 3. The number of aryl methyl sites for hydroxylation is 1. The van der Waals surface area contributed by atoms with Gasteiger partial charge in [0.2, 0.25) is 11.9 Å². The monoisotopic (exact) mass is 380 g/mol. The average molecular weight is 380 g/mol. The van der Waals surface area contributed by atoms with Crippen molar-refractivity contribution in [1.82, 2.24) is 14.9 Å². The second-order valence-corrected chi connectivity index (χ2v) is 7.52. The molecule has 148 valence electrons. The number of aromatic nitrogens is 2. The van der Waals surface area contributed by atoms with Crippen LogP contribution in [0.5, 0.6) is 0 Å². The molecule has 0 radical (unpaired) electrons. The number of carbonyl (C=O) groups is 1. The zero-order valence-corrected chi connectivity index (χ0v) is 16.7. The molecule has 2 fully saturated rings. The van der Waals surface area contributed by atoms with Gasteiger partial charge < -0.3 is 19.6 Å². The summed E-state index contributed by atoms with van der Waals surface area (Å²) in [5, 5.41) is 0. The van der Waals surface area contributed by atoms with Crippen LogP contribution in [0.2, 0.25) is 0 Å². The number of anilines is 3. The van der Waals surface area contributed by atoms with E-state index in [4.69, 9.17) is 4.98 Å². The number of hydrogen-bond donors (Lipinski definition) is 0. The fraction of sp³-hybridized carbons (Fsp3) is 0.476. The molecule has 0 unspecified atom stereocenters. The van der Waals surface area contributed by atoms with Gasteiger partial charge in [-0.15, -0.1) is 0 Å². The Hall–Kier alpha value is -2.83. The second-order valence-electron chi connectivity index (χ2n) is 7.52. The fourth-order valence-electron chi connectivity index (χ4n) is 3.91. The Morgan fingerprint density at radius 3 is 2.25 bits per heavy atom. The Bertz CT molecular complexity index is 825. The van der Waals surface area contributed by atoms with E-state index in [1.807, 2.05) is 17.2 Å². The maximum absolute atomic E-state index is 11.5. The minimum absolute atomic E-state index is 0.140. The first-order valence-corrected chi connectivity index (χ1v) is 10.0. The zero-order chi connectivity index (χ0) is 19.5. The molecule has 4 rings (SSSR count). The zero-order valence-electron chi connectivity index (χ0n) is 16.7. The summed E-state index contributed by atoms with van der Waals surface area (Å²) in [4.78, 5) is 29.6. The molecular weight excluding hydrogens is 352 g/mol. The molecule has 0 bridgehead atoms. The maximum atomic E-state index is 11.5. The van der Waals surface area contributed by atoms with Crippen LogP contribution in [0.25, 0.3) is 0 Å². The van der Waals surface area contributed by atoms with Crippen LogP contribution in [0, 0.1) is 6.92 Å². The van der Waals surface area contributed by atoms with Crippen LogP contribution in [0.15, 0.2) is 36.5 Å². The third kappa shape index (κ3) is 4.03. The van der Waals surface area contributed by atoms with Crippen molar-refractivity contribution in [2.24, 2.45) is 0 Å². The van der Waals surface area contributed by atoms with Crippen molar-refractivity contribution in [3.05, 3.63) is 42.1 Å². The second kappa shape index (κ2) is 8.04. The number of hydrogen-bond acceptors (Lipinski definition) is 6. The highest BCUT2D eigenvalue weighted by atomic mass is 16.2. The molecule has 2 saturated heterocycles. The quantitative estimate of drug-likeness (QED) is 0.809. The maximum Gasteiger partial charge on any atom is 0.227 e. The van der Waals surface area contributed by atoms with Gasteiger partial charge in [0.1, 0.15) is 5.82 Å². The van der Waals surface area contributed by atoms with Gasteiger partial charge in [-0.3, -0.25) is 4.79 Å². The number of carbonyl (C=O) groups excluding carboxylic acids is 1. The highest BCUT2D eigenvalue weighted by molar-refractivity contribution is 5.73. The van der Waals surface area contributed by atoms with Crippen molar-refractivity contribution in [2.45, 2.75) is 13.8 Å². The van der Waals surface area contributed by atoms with E-state index in [1.54, 1.807) is 6.92 Å². The molecule has 1 amide bonds. The van der Waals surface area contributed by atoms with Gasteiger partial charge in [0, 0.05) is 71.2 Å². The van der Waals surface area contributed by atoms with E-state index in [1.165, 1.54) is 11.3 Å². The Kier molecular flexibility index (Phi) is 5.32.